The predicted octanol–water partition coefficient (Wildman–Crippen LogP) is 2.84. The van der Waals surface area contributed by atoms with E-state index in [1.54, 1.807) is 0 Å². The summed E-state index contributed by atoms with van der Waals surface area (Å²) in [4.78, 5) is 4.66. The highest BCUT2D eigenvalue weighted by molar-refractivity contribution is 5.35. The fourth-order valence-corrected chi connectivity index (χ4v) is 1.58. The van der Waals surface area contributed by atoms with Gasteiger partial charge in [0.2, 0.25) is 0 Å². The van der Waals surface area contributed by atoms with E-state index in [2.05, 4.69) is 50.0 Å². The van der Waals surface area contributed by atoms with Gasteiger partial charge in [-0.3, -0.25) is 4.99 Å². The molecule has 1 nitrogen and oxygen atoms in total. The second kappa shape index (κ2) is 3.41. The lowest BCUT2D eigenvalue weighted by atomic mass is 10.1. The lowest BCUT2D eigenvalue weighted by molar-refractivity contribution is 0.795. The first-order valence-electron chi connectivity index (χ1n) is 5.01. The molecule has 1 atom stereocenters. The van der Waals surface area contributed by atoms with Crippen LogP contribution in [0.5, 0.6) is 0 Å². The summed E-state index contributed by atoms with van der Waals surface area (Å²) in [6.07, 6.45) is 0. The smallest absolute Gasteiger partial charge is 0.0728 e. The molecule has 14 heavy (non-hydrogen) atoms. The summed E-state index contributed by atoms with van der Waals surface area (Å²) in [6.45, 7) is 6.40. The average Bonchev–Trinajstić information content (AvgIpc) is 2.77. The molecule has 72 valence electrons. The molecule has 0 aliphatic rings. The highest BCUT2D eigenvalue weighted by Crippen LogP contribution is 2.16. The predicted molar refractivity (Wildman–Crippen MR) is 58.7 cm³/mol. The van der Waals surface area contributed by atoms with Crippen LogP contribution in [0.2, 0.25) is 0 Å². The second-order valence-electron chi connectivity index (χ2n) is 3.81. The largest absolute Gasteiger partial charge is 0.277 e. The lowest BCUT2D eigenvalue weighted by Gasteiger charge is -2.03. The van der Waals surface area contributed by atoms with Crippen LogP contribution in [0.15, 0.2) is 35.3 Å². The fourth-order valence-electron chi connectivity index (χ4n) is 1.58. The zero-order chi connectivity index (χ0) is 10.1. The van der Waals surface area contributed by atoms with Crippen LogP contribution in [-0.4, -0.2) is 0 Å². The van der Waals surface area contributed by atoms with E-state index in [0.29, 0.717) is 0 Å². The molecule has 1 heteroatoms. The Labute approximate surface area is 84.8 Å². The Morgan fingerprint density at radius 1 is 1.00 bits per heavy atom. The maximum Gasteiger partial charge on any atom is 0.0728 e. The van der Waals surface area contributed by atoms with Crippen LogP contribution in [0.1, 0.15) is 29.7 Å². The van der Waals surface area contributed by atoms with Crippen LogP contribution in [0.3, 0.4) is 0 Å². The van der Waals surface area contributed by atoms with Gasteiger partial charge in [-0.15, -0.1) is 0 Å². The van der Waals surface area contributed by atoms with E-state index < -0.39 is 0 Å². The molecule has 2 aromatic rings. The molecular formula is C13H15N. The number of rotatable bonds is 2. The first-order valence-corrected chi connectivity index (χ1v) is 5.01. The minimum atomic E-state index is 0.276. The third kappa shape index (κ3) is 1.63. The van der Waals surface area contributed by atoms with Gasteiger partial charge in [0.05, 0.1) is 11.4 Å². The van der Waals surface area contributed by atoms with Gasteiger partial charge in [0.15, 0.2) is 0 Å². The normalized spacial score (nSPS) is 13.1. The van der Waals surface area contributed by atoms with Crippen LogP contribution in [0.4, 0.5) is 0 Å². The molecule has 0 unspecified atom stereocenters. The standard InChI is InChI=1S/C13H15N/c1-9-10(2)13(9)14-11(3)12-7-5-4-6-8-12/h4-8,11H,1-3H3/t11-/m0/s1. The van der Waals surface area contributed by atoms with Gasteiger partial charge < -0.3 is 0 Å². The molecule has 0 spiro atoms. The zero-order valence-electron chi connectivity index (χ0n) is 8.91. The molecule has 0 heterocycles. The van der Waals surface area contributed by atoms with E-state index >= 15 is 0 Å². The van der Waals surface area contributed by atoms with E-state index in [1.807, 2.05) is 6.07 Å². The minimum absolute atomic E-state index is 0.276. The summed E-state index contributed by atoms with van der Waals surface area (Å²) in [5.74, 6) is 0. The van der Waals surface area contributed by atoms with Gasteiger partial charge in [0, 0.05) is 0 Å². The number of hydrogen-bond donors (Lipinski definition) is 0. The van der Waals surface area contributed by atoms with E-state index in [9.17, 15) is 0 Å². The van der Waals surface area contributed by atoms with Crippen molar-refractivity contribution in [2.45, 2.75) is 26.8 Å². The Morgan fingerprint density at radius 3 is 2.07 bits per heavy atom. The molecule has 0 aliphatic carbocycles. The van der Waals surface area contributed by atoms with E-state index in [4.69, 9.17) is 0 Å². The Balaban J connectivity index is 2.23. The molecule has 0 saturated carbocycles. The Hall–Kier alpha value is -1.37. The first kappa shape index (κ1) is 9.20. The molecule has 0 saturated heterocycles. The van der Waals surface area contributed by atoms with Crippen molar-refractivity contribution in [3.63, 3.8) is 0 Å². The van der Waals surface area contributed by atoms with Crippen LogP contribution >= 0.6 is 0 Å². The SMILES string of the molecule is Cc1c(C)c1=N[C@@H](C)c1ccccc1. The third-order valence-corrected chi connectivity index (χ3v) is 2.82. The summed E-state index contributed by atoms with van der Waals surface area (Å²) in [6, 6.07) is 10.7. The Morgan fingerprint density at radius 2 is 1.57 bits per heavy atom. The number of nitrogens with zero attached hydrogens (tertiary/aromatic N) is 1. The quantitative estimate of drug-likeness (QED) is 0.682. The third-order valence-electron chi connectivity index (χ3n) is 2.82. The monoisotopic (exact) mass is 185 g/mol. The first-order chi connectivity index (χ1) is 6.70. The molecule has 0 radical (unpaired) electrons. The molecule has 0 amide bonds. The summed E-state index contributed by atoms with van der Waals surface area (Å²) in [5, 5.41) is 1.22. The van der Waals surface area contributed by atoms with Crippen LogP contribution in [0, 0.1) is 13.8 Å². The van der Waals surface area contributed by atoms with E-state index in [-0.39, 0.29) is 6.04 Å². The van der Waals surface area contributed by atoms with Gasteiger partial charge >= 0.3 is 0 Å². The molecule has 0 N–H and O–H groups in total. The van der Waals surface area contributed by atoms with Crippen LogP contribution < -0.4 is 5.36 Å². The van der Waals surface area contributed by atoms with Gasteiger partial charge in [-0.2, -0.15) is 0 Å². The molecule has 2 aromatic carbocycles. The van der Waals surface area contributed by atoms with Crippen molar-refractivity contribution in [1.29, 1.82) is 0 Å². The summed E-state index contributed by atoms with van der Waals surface area (Å²) in [5.41, 5.74) is 4.02. The van der Waals surface area contributed by atoms with Crippen molar-refractivity contribution < 1.29 is 0 Å². The van der Waals surface area contributed by atoms with Crippen molar-refractivity contribution in [2.24, 2.45) is 4.99 Å². The van der Waals surface area contributed by atoms with Crippen molar-refractivity contribution in [3.8, 4) is 0 Å². The fraction of sp³-hybridized carbons (Fsp3) is 0.308. The van der Waals surface area contributed by atoms with Crippen molar-refractivity contribution >= 4 is 0 Å². The topological polar surface area (TPSA) is 12.4 Å². The summed E-state index contributed by atoms with van der Waals surface area (Å²) in [7, 11) is 0. The molecular weight excluding hydrogens is 170 g/mol. The van der Waals surface area contributed by atoms with Gasteiger partial charge in [-0.1, -0.05) is 30.3 Å². The maximum atomic E-state index is 4.66. The zero-order valence-corrected chi connectivity index (χ0v) is 8.91. The van der Waals surface area contributed by atoms with Gasteiger partial charge in [0.1, 0.15) is 0 Å². The highest BCUT2D eigenvalue weighted by Gasteiger charge is 2.11. The van der Waals surface area contributed by atoms with Crippen LogP contribution in [0.25, 0.3) is 0 Å². The molecule has 0 bridgehead atoms. The summed E-state index contributed by atoms with van der Waals surface area (Å²) < 4.78 is 0. The van der Waals surface area contributed by atoms with Crippen molar-refractivity contribution in [3.05, 3.63) is 52.4 Å². The van der Waals surface area contributed by atoms with Crippen molar-refractivity contribution in [1.82, 2.24) is 0 Å². The molecule has 0 aliphatic heterocycles. The second-order valence-corrected chi connectivity index (χ2v) is 3.81. The average molecular weight is 185 g/mol. The molecule has 0 fully saturated rings. The number of hydrogen-bond acceptors (Lipinski definition) is 1. The van der Waals surface area contributed by atoms with Gasteiger partial charge in [-0.25, -0.2) is 0 Å². The van der Waals surface area contributed by atoms with Crippen LogP contribution in [-0.2, 0) is 0 Å². The maximum absolute atomic E-state index is 4.66. The van der Waals surface area contributed by atoms with Gasteiger partial charge in [0.25, 0.3) is 0 Å². The highest BCUT2D eigenvalue weighted by atomic mass is 14.8. The molecule has 0 aromatic heterocycles. The van der Waals surface area contributed by atoms with E-state index in [0.717, 1.165) is 0 Å². The lowest BCUT2D eigenvalue weighted by Crippen LogP contribution is -1.94. The van der Waals surface area contributed by atoms with Gasteiger partial charge in [-0.05, 0) is 37.5 Å². The molecule has 2 rings (SSSR count). The van der Waals surface area contributed by atoms with E-state index in [1.165, 1.54) is 22.0 Å². The van der Waals surface area contributed by atoms with Crippen molar-refractivity contribution in [2.75, 3.05) is 0 Å². The number of benzene rings is 1. The Bertz CT molecular complexity index is 427. The Kier molecular flexibility index (Phi) is 2.24. The minimum Gasteiger partial charge on any atom is -0.277 e. The summed E-state index contributed by atoms with van der Waals surface area (Å²) >= 11 is 0.